The molecule has 1 N–H and O–H groups in total. The van der Waals surface area contributed by atoms with E-state index >= 15 is 0 Å². The summed E-state index contributed by atoms with van der Waals surface area (Å²) in [6.45, 7) is 1.47. The minimum Gasteiger partial charge on any atom is -0.385 e. The van der Waals surface area contributed by atoms with E-state index in [1.54, 1.807) is 13.4 Å². The number of anilines is 1. The lowest BCUT2D eigenvalue weighted by Gasteiger charge is -2.07. The highest BCUT2D eigenvalue weighted by molar-refractivity contribution is 6.28. The van der Waals surface area contributed by atoms with E-state index in [0.717, 1.165) is 18.5 Å². The van der Waals surface area contributed by atoms with Crippen LogP contribution in [-0.2, 0) is 11.8 Å². The Morgan fingerprint density at radius 1 is 1.47 bits per heavy atom. The highest BCUT2D eigenvalue weighted by Crippen LogP contribution is 2.20. The van der Waals surface area contributed by atoms with E-state index in [2.05, 4.69) is 20.3 Å². The molecule has 2 aromatic rings. The maximum atomic E-state index is 5.84. The first kappa shape index (κ1) is 12.1. The molecule has 0 atom stereocenters. The number of methoxy groups -OCH3 is 1. The van der Waals surface area contributed by atoms with E-state index in [1.165, 1.54) is 0 Å². The van der Waals surface area contributed by atoms with Crippen LogP contribution in [0.1, 0.15) is 6.42 Å². The molecule has 0 aromatic carbocycles. The molecule has 2 aromatic heterocycles. The predicted molar refractivity (Wildman–Crippen MR) is 66.3 cm³/mol. The van der Waals surface area contributed by atoms with Gasteiger partial charge in [-0.15, -0.1) is 0 Å². The predicted octanol–water partition coefficient (Wildman–Crippen LogP) is 1.47. The summed E-state index contributed by atoms with van der Waals surface area (Å²) in [4.78, 5) is 12.4. The number of aromatic nitrogens is 4. The molecule has 0 unspecified atom stereocenters. The number of nitrogens with one attached hydrogen (secondary N) is 1. The number of nitrogens with zero attached hydrogens (tertiary/aromatic N) is 4. The molecule has 0 amide bonds. The molecule has 2 heterocycles. The maximum absolute atomic E-state index is 5.84. The molecule has 92 valence electrons. The van der Waals surface area contributed by atoms with Gasteiger partial charge in [0.25, 0.3) is 0 Å². The standard InChI is InChI=1S/C10H14ClN5O/c1-16-6-13-9-7(16)8(14-10(11)15-9)12-4-3-5-17-2/h6H,3-5H2,1-2H3,(H,12,14,15). The van der Waals surface area contributed by atoms with E-state index in [0.29, 0.717) is 18.1 Å². The first-order valence-electron chi connectivity index (χ1n) is 5.29. The smallest absolute Gasteiger partial charge is 0.226 e. The van der Waals surface area contributed by atoms with Crippen molar-refractivity contribution in [2.75, 3.05) is 25.6 Å². The lowest BCUT2D eigenvalue weighted by molar-refractivity contribution is 0.198. The number of hydrogen-bond acceptors (Lipinski definition) is 5. The molecule has 0 spiro atoms. The van der Waals surface area contributed by atoms with Gasteiger partial charge in [0.15, 0.2) is 11.5 Å². The summed E-state index contributed by atoms with van der Waals surface area (Å²) in [7, 11) is 3.58. The van der Waals surface area contributed by atoms with Crippen LogP contribution in [-0.4, -0.2) is 39.8 Å². The van der Waals surface area contributed by atoms with Gasteiger partial charge in [0, 0.05) is 27.3 Å². The van der Waals surface area contributed by atoms with Crippen LogP contribution in [0, 0.1) is 0 Å². The van der Waals surface area contributed by atoms with Crippen molar-refractivity contribution < 1.29 is 4.74 Å². The Hall–Kier alpha value is -1.40. The SMILES string of the molecule is COCCCNc1nc(Cl)nc2ncn(C)c12. The van der Waals surface area contributed by atoms with E-state index in [1.807, 2.05) is 11.6 Å². The summed E-state index contributed by atoms with van der Waals surface area (Å²) in [5.74, 6) is 0.705. The van der Waals surface area contributed by atoms with Crippen LogP contribution in [0.3, 0.4) is 0 Å². The molecule has 7 heteroatoms. The van der Waals surface area contributed by atoms with Gasteiger partial charge in [0.1, 0.15) is 5.52 Å². The van der Waals surface area contributed by atoms with Crippen LogP contribution >= 0.6 is 11.6 Å². The first-order chi connectivity index (χ1) is 8.22. The fraction of sp³-hybridized carbons (Fsp3) is 0.500. The van der Waals surface area contributed by atoms with Crippen molar-refractivity contribution in [1.82, 2.24) is 19.5 Å². The Labute approximate surface area is 104 Å². The summed E-state index contributed by atoms with van der Waals surface area (Å²) >= 11 is 5.84. The van der Waals surface area contributed by atoms with Gasteiger partial charge in [-0.05, 0) is 18.0 Å². The Bertz CT molecular complexity index is 513. The second-order valence-electron chi connectivity index (χ2n) is 3.64. The average molecular weight is 256 g/mol. The number of halogens is 1. The van der Waals surface area contributed by atoms with Crippen molar-refractivity contribution in [2.24, 2.45) is 7.05 Å². The van der Waals surface area contributed by atoms with Crippen LogP contribution in [0.5, 0.6) is 0 Å². The van der Waals surface area contributed by atoms with E-state index in [4.69, 9.17) is 16.3 Å². The second-order valence-corrected chi connectivity index (χ2v) is 3.98. The highest BCUT2D eigenvalue weighted by atomic mass is 35.5. The third-order valence-corrected chi connectivity index (χ3v) is 2.53. The number of imidazole rings is 1. The number of fused-ring (bicyclic) bond motifs is 1. The second kappa shape index (κ2) is 5.29. The van der Waals surface area contributed by atoms with Gasteiger partial charge in [0.2, 0.25) is 5.28 Å². The molecule has 2 rings (SSSR count). The maximum Gasteiger partial charge on any atom is 0.226 e. The number of hydrogen-bond donors (Lipinski definition) is 1. The van der Waals surface area contributed by atoms with Crippen molar-refractivity contribution in [3.8, 4) is 0 Å². The van der Waals surface area contributed by atoms with Gasteiger partial charge in [0.05, 0.1) is 6.33 Å². The molecule has 0 aliphatic heterocycles. The molecule has 0 aliphatic rings. The van der Waals surface area contributed by atoms with Crippen LogP contribution in [0.15, 0.2) is 6.33 Å². The fourth-order valence-electron chi connectivity index (χ4n) is 1.58. The molecular weight excluding hydrogens is 242 g/mol. The van der Waals surface area contributed by atoms with Crippen LogP contribution < -0.4 is 5.32 Å². The highest BCUT2D eigenvalue weighted by Gasteiger charge is 2.10. The third-order valence-electron chi connectivity index (χ3n) is 2.36. The molecule has 0 radical (unpaired) electrons. The van der Waals surface area contributed by atoms with Crippen molar-refractivity contribution in [2.45, 2.75) is 6.42 Å². The normalized spacial score (nSPS) is 11.0. The molecular formula is C10H14ClN5O. The molecule has 0 saturated heterocycles. The van der Waals surface area contributed by atoms with Crippen molar-refractivity contribution in [1.29, 1.82) is 0 Å². The van der Waals surface area contributed by atoms with Gasteiger partial charge < -0.3 is 14.6 Å². The van der Waals surface area contributed by atoms with Gasteiger partial charge >= 0.3 is 0 Å². The number of aryl methyl sites for hydroxylation is 1. The van der Waals surface area contributed by atoms with Gasteiger partial charge in [-0.2, -0.15) is 9.97 Å². The third kappa shape index (κ3) is 2.65. The average Bonchev–Trinajstić information content (AvgIpc) is 2.66. The molecule has 0 bridgehead atoms. The minimum absolute atomic E-state index is 0.199. The zero-order valence-corrected chi connectivity index (χ0v) is 10.5. The first-order valence-corrected chi connectivity index (χ1v) is 5.67. The quantitative estimate of drug-likeness (QED) is 0.647. The molecule has 0 saturated carbocycles. The number of rotatable bonds is 5. The van der Waals surface area contributed by atoms with E-state index in [-0.39, 0.29) is 5.28 Å². The Morgan fingerprint density at radius 2 is 2.29 bits per heavy atom. The largest absolute Gasteiger partial charge is 0.385 e. The summed E-state index contributed by atoms with van der Waals surface area (Å²) in [6, 6.07) is 0. The molecule has 6 nitrogen and oxygen atoms in total. The van der Waals surface area contributed by atoms with Crippen molar-refractivity contribution in [3.05, 3.63) is 11.6 Å². The summed E-state index contributed by atoms with van der Waals surface area (Å²) in [5, 5.41) is 3.41. The van der Waals surface area contributed by atoms with Crippen LogP contribution in [0.4, 0.5) is 5.82 Å². The van der Waals surface area contributed by atoms with Crippen LogP contribution in [0.25, 0.3) is 11.2 Å². The van der Waals surface area contributed by atoms with Crippen LogP contribution in [0.2, 0.25) is 5.28 Å². The summed E-state index contributed by atoms with van der Waals surface area (Å²) in [6.07, 6.45) is 2.59. The lowest BCUT2D eigenvalue weighted by atomic mass is 10.4. The Morgan fingerprint density at radius 3 is 3.06 bits per heavy atom. The van der Waals surface area contributed by atoms with Gasteiger partial charge in [-0.1, -0.05) is 0 Å². The van der Waals surface area contributed by atoms with Gasteiger partial charge in [-0.3, -0.25) is 0 Å². The molecule has 0 aliphatic carbocycles. The fourth-order valence-corrected chi connectivity index (χ4v) is 1.74. The number of ether oxygens (including phenoxy) is 1. The topological polar surface area (TPSA) is 64.9 Å². The van der Waals surface area contributed by atoms with Crippen molar-refractivity contribution in [3.63, 3.8) is 0 Å². The van der Waals surface area contributed by atoms with Gasteiger partial charge in [-0.25, -0.2) is 4.98 Å². The zero-order chi connectivity index (χ0) is 12.3. The Kier molecular flexibility index (Phi) is 3.75. The lowest BCUT2D eigenvalue weighted by Crippen LogP contribution is -2.08. The van der Waals surface area contributed by atoms with E-state index in [9.17, 15) is 0 Å². The zero-order valence-electron chi connectivity index (χ0n) is 9.77. The molecule has 17 heavy (non-hydrogen) atoms. The molecule has 0 fully saturated rings. The Balaban J connectivity index is 2.22. The summed E-state index contributed by atoms with van der Waals surface area (Å²) < 4.78 is 6.85. The monoisotopic (exact) mass is 255 g/mol. The minimum atomic E-state index is 0.199. The summed E-state index contributed by atoms with van der Waals surface area (Å²) in [5.41, 5.74) is 1.45. The van der Waals surface area contributed by atoms with Crippen molar-refractivity contribution >= 4 is 28.6 Å². The van der Waals surface area contributed by atoms with E-state index < -0.39 is 0 Å².